The number of benzene rings is 1. The Labute approximate surface area is 195 Å². The molecule has 3 amide bonds. The highest BCUT2D eigenvalue weighted by atomic mass is 16.6. The van der Waals surface area contributed by atoms with E-state index in [1.54, 1.807) is 59.1 Å². The van der Waals surface area contributed by atoms with Crippen molar-refractivity contribution in [1.82, 2.24) is 9.80 Å². The lowest BCUT2D eigenvalue weighted by Crippen LogP contribution is -2.40. The number of hydrogen-bond donors (Lipinski definition) is 1. The Kier molecular flexibility index (Phi) is 10.5. The highest BCUT2D eigenvalue weighted by Crippen LogP contribution is 2.17. The molecule has 0 bridgehead atoms. The Balaban J connectivity index is 2.73. The molecule has 0 spiro atoms. The maximum atomic E-state index is 12.7. The predicted octanol–water partition coefficient (Wildman–Crippen LogP) is 0.917. The Morgan fingerprint density at radius 2 is 1.79 bits per heavy atom. The van der Waals surface area contributed by atoms with Crippen LogP contribution in [0.15, 0.2) is 24.3 Å². The van der Waals surface area contributed by atoms with Crippen molar-refractivity contribution in [2.75, 3.05) is 45.7 Å². The summed E-state index contributed by atoms with van der Waals surface area (Å²) in [6.45, 7) is 6.71. The summed E-state index contributed by atoms with van der Waals surface area (Å²) in [6.07, 6.45) is -1.71. The van der Waals surface area contributed by atoms with E-state index in [0.717, 1.165) is 0 Å². The number of rotatable bonds is 11. The average Bonchev–Trinajstić information content (AvgIpc) is 2.74. The topological polar surface area (TPSA) is 117 Å². The van der Waals surface area contributed by atoms with Gasteiger partial charge in [0.05, 0.1) is 19.3 Å². The molecule has 0 fully saturated rings. The minimum Gasteiger partial charge on any atom is -0.458 e. The summed E-state index contributed by atoms with van der Waals surface area (Å²) in [5.74, 6) is -1.36. The third-order valence-electron chi connectivity index (χ3n) is 4.58. The van der Waals surface area contributed by atoms with E-state index < -0.39 is 23.8 Å². The fraction of sp³-hybridized carbons (Fsp3) is 0.565. The van der Waals surface area contributed by atoms with Gasteiger partial charge in [-0.25, -0.2) is 4.79 Å². The van der Waals surface area contributed by atoms with Crippen LogP contribution in [-0.2, 0) is 23.9 Å². The molecule has 0 radical (unpaired) electrons. The number of carbonyl (C=O) groups is 4. The highest BCUT2D eigenvalue weighted by molar-refractivity contribution is 5.97. The van der Waals surface area contributed by atoms with Crippen LogP contribution in [0.25, 0.3) is 0 Å². The zero-order valence-corrected chi connectivity index (χ0v) is 20.4. The molecule has 0 saturated carbocycles. The molecule has 10 heteroatoms. The highest BCUT2D eigenvalue weighted by Gasteiger charge is 2.28. The van der Waals surface area contributed by atoms with Gasteiger partial charge in [0.2, 0.25) is 12.3 Å². The van der Waals surface area contributed by atoms with E-state index in [2.05, 4.69) is 0 Å². The molecule has 1 rings (SSSR count). The van der Waals surface area contributed by atoms with Crippen molar-refractivity contribution in [1.29, 1.82) is 0 Å². The van der Waals surface area contributed by atoms with Gasteiger partial charge in [-0.2, -0.15) is 0 Å². The molecular weight excluding hydrogens is 430 g/mol. The van der Waals surface area contributed by atoms with Crippen LogP contribution in [-0.4, -0.2) is 97.7 Å². The summed E-state index contributed by atoms with van der Waals surface area (Å²) in [5, 5.41) is 10.1. The molecule has 0 aliphatic carbocycles. The molecule has 184 valence electrons. The predicted molar refractivity (Wildman–Crippen MR) is 123 cm³/mol. The first kappa shape index (κ1) is 28.1. The Morgan fingerprint density at radius 3 is 2.33 bits per heavy atom. The second-order valence-electron chi connectivity index (χ2n) is 8.85. The van der Waals surface area contributed by atoms with Gasteiger partial charge in [0.25, 0.3) is 5.91 Å². The molecule has 0 heterocycles. The fourth-order valence-corrected chi connectivity index (χ4v) is 2.68. The van der Waals surface area contributed by atoms with E-state index in [-0.39, 0.29) is 31.5 Å². The van der Waals surface area contributed by atoms with Crippen LogP contribution >= 0.6 is 0 Å². The van der Waals surface area contributed by atoms with Crippen molar-refractivity contribution >= 4 is 29.9 Å². The smallest absolute Gasteiger partial charge is 0.338 e. The van der Waals surface area contributed by atoms with E-state index in [9.17, 15) is 24.3 Å². The summed E-state index contributed by atoms with van der Waals surface area (Å²) in [6, 6.07) is 6.44. The first-order valence-electron chi connectivity index (χ1n) is 10.6. The first-order valence-corrected chi connectivity index (χ1v) is 10.6. The second-order valence-corrected chi connectivity index (χ2v) is 8.85. The summed E-state index contributed by atoms with van der Waals surface area (Å²) in [7, 11) is 4.75. The number of anilines is 1. The first-order chi connectivity index (χ1) is 15.3. The maximum Gasteiger partial charge on any atom is 0.338 e. The standard InChI is InChI=1S/C23H35N3O7/c1-16(20(29)22(31)33-23(2,3)4)32-12-11-26(15-27)18-10-8-9-17(13-18)21(30)25(7)14-19(28)24(5)6/h8-10,13,15-16,20,29H,11-12,14H2,1-7H3/t16-,20+/m0/s1. The molecule has 0 saturated heterocycles. The number of nitrogens with zero attached hydrogens (tertiary/aromatic N) is 3. The van der Waals surface area contributed by atoms with Gasteiger partial charge in [-0.3, -0.25) is 14.4 Å². The van der Waals surface area contributed by atoms with Gasteiger partial charge >= 0.3 is 5.97 Å². The number of likely N-dealkylation sites (N-methyl/N-ethyl adjacent to an activating group) is 2. The summed E-state index contributed by atoms with van der Waals surface area (Å²) >= 11 is 0. The second kappa shape index (κ2) is 12.3. The normalized spacial score (nSPS) is 13.0. The molecule has 1 aromatic carbocycles. The molecule has 0 aromatic heterocycles. The molecule has 0 unspecified atom stereocenters. The van der Waals surface area contributed by atoms with Crippen molar-refractivity contribution in [2.24, 2.45) is 0 Å². The maximum absolute atomic E-state index is 12.7. The number of hydrogen-bond acceptors (Lipinski definition) is 7. The third-order valence-corrected chi connectivity index (χ3v) is 4.58. The van der Waals surface area contributed by atoms with Gasteiger partial charge in [0, 0.05) is 38.9 Å². The third kappa shape index (κ3) is 9.19. The van der Waals surface area contributed by atoms with Gasteiger partial charge in [-0.15, -0.1) is 0 Å². The van der Waals surface area contributed by atoms with Crippen LogP contribution < -0.4 is 4.90 Å². The van der Waals surface area contributed by atoms with Crippen molar-refractivity contribution in [3.63, 3.8) is 0 Å². The molecule has 1 N–H and O–H groups in total. The summed E-state index contributed by atoms with van der Waals surface area (Å²) in [4.78, 5) is 52.1. The van der Waals surface area contributed by atoms with Gasteiger partial charge < -0.3 is 29.3 Å². The van der Waals surface area contributed by atoms with Crippen LogP contribution in [0.2, 0.25) is 0 Å². The number of esters is 1. The average molecular weight is 466 g/mol. The molecule has 10 nitrogen and oxygen atoms in total. The number of carbonyl (C=O) groups excluding carboxylic acids is 4. The Morgan fingerprint density at radius 1 is 1.15 bits per heavy atom. The lowest BCUT2D eigenvalue weighted by molar-refractivity contribution is -0.172. The summed E-state index contributed by atoms with van der Waals surface area (Å²) < 4.78 is 10.6. The number of aliphatic hydroxyl groups is 1. The van der Waals surface area contributed by atoms with Crippen LogP contribution in [0, 0.1) is 0 Å². The van der Waals surface area contributed by atoms with Crippen LogP contribution in [0.5, 0.6) is 0 Å². The van der Waals surface area contributed by atoms with Crippen LogP contribution in [0.3, 0.4) is 0 Å². The molecule has 2 atom stereocenters. The van der Waals surface area contributed by atoms with Gasteiger partial charge in [0.1, 0.15) is 5.60 Å². The Bertz CT molecular complexity index is 836. The molecule has 0 aliphatic rings. The van der Waals surface area contributed by atoms with E-state index in [1.807, 2.05) is 0 Å². The van der Waals surface area contributed by atoms with E-state index in [1.165, 1.54) is 28.7 Å². The fourth-order valence-electron chi connectivity index (χ4n) is 2.68. The Hall–Kier alpha value is -2.98. The molecule has 33 heavy (non-hydrogen) atoms. The van der Waals surface area contributed by atoms with Gasteiger partial charge in [-0.1, -0.05) is 6.07 Å². The van der Waals surface area contributed by atoms with E-state index in [0.29, 0.717) is 17.7 Å². The lowest BCUT2D eigenvalue weighted by Gasteiger charge is -2.25. The van der Waals surface area contributed by atoms with Crippen LogP contribution in [0.4, 0.5) is 5.69 Å². The number of ether oxygens (including phenoxy) is 2. The van der Waals surface area contributed by atoms with Gasteiger partial charge in [0.15, 0.2) is 6.10 Å². The molecule has 0 aliphatic heterocycles. The van der Waals surface area contributed by atoms with E-state index in [4.69, 9.17) is 9.47 Å². The molecular formula is C23H35N3O7. The van der Waals surface area contributed by atoms with E-state index >= 15 is 0 Å². The zero-order chi connectivity index (χ0) is 25.3. The van der Waals surface area contributed by atoms with Crippen molar-refractivity contribution in [3.8, 4) is 0 Å². The number of aliphatic hydroxyl groups excluding tert-OH is 1. The van der Waals surface area contributed by atoms with Crippen LogP contribution in [0.1, 0.15) is 38.1 Å². The SMILES string of the molecule is C[C@H](OCCN(C=O)c1cccc(C(=O)N(C)CC(=O)N(C)C)c1)[C@@H](O)C(=O)OC(C)(C)C. The van der Waals surface area contributed by atoms with Crippen molar-refractivity contribution < 1.29 is 33.8 Å². The lowest BCUT2D eigenvalue weighted by atomic mass is 10.1. The minimum absolute atomic E-state index is 0.0369. The zero-order valence-electron chi connectivity index (χ0n) is 20.4. The quantitative estimate of drug-likeness (QED) is 0.381. The largest absolute Gasteiger partial charge is 0.458 e. The summed E-state index contributed by atoms with van der Waals surface area (Å²) in [5.41, 5.74) is 0.0534. The molecule has 1 aromatic rings. The van der Waals surface area contributed by atoms with Gasteiger partial charge in [-0.05, 0) is 45.9 Å². The van der Waals surface area contributed by atoms with Crippen molar-refractivity contribution in [3.05, 3.63) is 29.8 Å². The number of amides is 3. The monoisotopic (exact) mass is 465 g/mol. The van der Waals surface area contributed by atoms with Crippen molar-refractivity contribution in [2.45, 2.75) is 45.5 Å². The minimum atomic E-state index is -1.46.